The standard InChI is InChI=1S/C14H21FN2O/c1-10(16-2)12-6-3-7-13(15)14(12)17-8-4-5-11(18)9-17/h3,6-7,10-11,16,18H,4-5,8-9H2,1-2H3. The van der Waals surface area contributed by atoms with Crippen LogP contribution in [0.25, 0.3) is 0 Å². The van der Waals surface area contributed by atoms with Crippen LogP contribution in [-0.4, -0.2) is 31.3 Å². The van der Waals surface area contributed by atoms with Gasteiger partial charge in [0.25, 0.3) is 0 Å². The molecule has 0 amide bonds. The zero-order chi connectivity index (χ0) is 13.1. The first-order valence-electron chi connectivity index (χ1n) is 6.52. The molecule has 1 fully saturated rings. The number of nitrogens with zero attached hydrogens (tertiary/aromatic N) is 1. The van der Waals surface area contributed by atoms with Gasteiger partial charge in [0.05, 0.1) is 11.8 Å². The largest absolute Gasteiger partial charge is 0.391 e. The number of rotatable bonds is 3. The predicted octanol–water partition coefficient (Wildman–Crippen LogP) is 2.07. The number of para-hydroxylation sites is 1. The summed E-state index contributed by atoms with van der Waals surface area (Å²) < 4.78 is 14.1. The van der Waals surface area contributed by atoms with E-state index in [0.717, 1.165) is 24.9 Å². The van der Waals surface area contributed by atoms with Crippen molar-refractivity contribution in [3.05, 3.63) is 29.6 Å². The van der Waals surface area contributed by atoms with E-state index in [0.29, 0.717) is 12.2 Å². The van der Waals surface area contributed by atoms with Crippen LogP contribution >= 0.6 is 0 Å². The topological polar surface area (TPSA) is 35.5 Å². The van der Waals surface area contributed by atoms with Gasteiger partial charge in [-0.15, -0.1) is 0 Å². The van der Waals surface area contributed by atoms with Crippen LogP contribution in [0, 0.1) is 5.82 Å². The fourth-order valence-electron chi connectivity index (χ4n) is 2.53. The fraction of sp³-hybridized carbons (Fsp3) is 0.571. The van der Waals surface area contributed by atoms with Crippen LogP contribution in [0.4, 0.5) is 10.1 Å². The van der Waals surface area contributed by atoms with Crippen molar-refractivity contribution in [3.8, 4) is 0 Å². The molecular weight excluding hydrogens is 231 g/mol. The van der Waals surface area contributed by atoms with Gasteiger partial charge >= 0.3 is 0 Å². The molecule has 1 heterocycles. The molecule has 1 aromatic carbocycles. The van der Waals surface area contributed by atoms with Gasteiger partial charge in [0.15, 0.2) is 0 Å². The molecule has 1 aliphatic heterocycles. The number of hydrogen-bond donors (Lipinski definition) is 2. The normalized spacial score (nSPS) is 22.0. The molecule has 18 heavy (non-hydrogen) atoms. The maximum atomic E-state index is 14.1. The first-order chi connectivity index (χ1) is 8.63. The van der Waals surface area contributed by atoms with Crippen LogP contribution < -0.4 is 10.2 Å². The van der Waals surface area contributed by atoms with Gasteiger partial charge in [0.2, 0.25) is 0 Å². The molecule has 0 saturated carbocycles. The number of aliphatic hydroxyl groups is 1. The van der Waals surface area contributed by atoms with E-state index in [-0.39, 0.29) is 18.0 Å². The molecule has 1 aromatic rings. The number of β-amino-alcohol motifs (C(OH)–C–C–N with tert-alkyl or cyclic N) is 1. The van der Waals surface area contributed by atoms with Gasteiger partial charge in [-0.2, -0.15) is 0 Å². The maximum absolute atomic E-state index is 14.1. The number of anilines is 1. The van der Waals surface area contributed by atoms with Gasteiger partial charge in [0, 0.05) is 19.1 Å². The maximum Gasteiger partial charge on any atom is 0.146 e. The minimum absolute atomic E-state index is 0.0924. The van der Waals surface area contributed by atoms with E-state index >= 15 is 0 Å². The van der Waals surface area contributed by atoms with E-state index in [1.165, 1.54) is 6.07 Å². The summed E-state index contributed by atoms with van der Waals surface area (Å²) in [6, 6.07) is 5.26. The molecule has 0 aromatic heterocycles. The van der Waals surface area contributed by atoms with Gasteiger partial charge in [-0.1, -0.05) is 12.1 Å². The van der Waals surface area contributed by atoms with Crippen LogP contribution in [0.1, 0.15) is 31.4 Å². The highest BCUT2D eigenvalue weighted by Crippen LogP contribution is 2.31. The highest BCUT2D eigenvalue weighted by atomic mass is 19.1. The van der Waals surface area contributed by atoms with Crippen LogP contribution in [0.2, 0.25) is 0 Å². The molecule has 2 atom stereocenters. The lowest BCUT2D eigenvalue weighted by molar-refractivity contribution is 0.153. The van der Waals surface area contributed by atoms with Crippen molar-refractivity contribution in [3.63, 3.8) is 0 Å². The van der Waals surface area contributed by atoms with Crippen molar-refractivity contribution in [1.29, 1.82) is 0 Å². The van der Waals surface area contributed by atoms with Gasteiger partial charge < -0.3 is 15.3 Å². The number of hydrogen-bond acceptors (Lipinski definition) is 3. The molecule has 1 aliphatic rings. The molecule has 0 bridgehead atoms. The average Bonchev–Trinajstić information content (AvgIpc) is 2.37. The Hall–Kier alpha value is -1.13. The predicted molar refractivity (Wildman–Crippen MR) is 71.3 cm³/mol. The Bertz CT molecular complexity index is 411. The summed E-state index contributed by atoms with van der Waals surface area (Å²) in [5.41, 5.74) is 1.59. The highest BCUT2D eigenvalue weighted by molar-refractivity contribution is 5.56. The minimum atomic E-state index is -0.351. The van der Waals surface area contributed by atoms with Gasteiger partial charge in [-0.05, 0) is 38.4 Å². The number of piperidine rings is 1. The van der Waals surface area contributed by atoms with Crippen LogP contribution in [0.15, 0.2) is 18.2 Å². The van der Waals surface area contributed by atoms with Crippen molar-refractivity contribution in [2.45, 2.75) is 31.9 Å². The lowest BCUT2D eigenvalue weighted by Gasteiger charge is -2.34. The summed E-state index contributed by atoms with van der Waals surface area (Å²) in [7, 11) is 1.87. The molecule has 100 valence electrons. The molecule has 0 radical (unpaired) electrons. The summed E-state index contributed by atoms with van der Waals surface area (Å²) >= 11 is 0. The summed E-state index contributed by atoms with van der Waals surface area (Å²) in [4.78, 5) is 1.96. The summed E-state index contributed by atoms with van der Waals surface area (Å²) in [5.74, 6) is -0.205. The van der Waals surface area contributed by atoms with Crippen molar-refractivity contribution in [2.24, 2.45) is 0 Å². The zero-order valence-electron chi connectivity index (χ0n) is 11.0. The number of benzene rings is 1. The molecule has 0 aliphatic carbocycles. The van der Waals surface area contributed by atoms with E-state index in [4.69, 9.17) is 0 Å². The summed E-state index contributed by atoms with van der Waals surface area (Å²) in [6.07, 6.45) is 1.36. The molecule has 3 nitrogen and oxygen atoms in total. The van der Waals surface area contributed by atoms with E-state index < -0.39 is 0 Å². The van der Waals surface area contributed by atoms with Crippen LogP contribution in [-0.2, 0) is 0 Å². The third-order valence-electron chi connectivity index (χ3n) is 3.63. The Morgan fingerprint density at radius 1 is 1.50 bits per heavy atom. The Kier molecular flexibility index (Phi) is 4.19. The lowest BCUT2D eigenvalue weighted by Crippen LogP contribution is -2.39. The molecular formula is C14H21FN2O. The minimum Gasteiger partial charge on any atom is -0.391 e. The monoisotopic (exact) mass is 252 g/mol. The average molecular weight is 252 g/mol. The first kappa shape index (κ1) is 13.3. The molecule has 2 rings (SSSR count). The number of nitrogens with one attached hydrogen (secondary N) is 1. The lowest BCUT2D eigenvalue weighted by atomic mass is 10.0. The smallest absolute Gasteiger partial charge is 0.146 e. The Labute approximate surface area is 108 Å². The number of aliphatic hydroxyl groups excluding tert-OH is 1. The Morgan fingerprint density at radius 2 is 2.28 bits per heavy atom. The number of halogens is 1. The van der Waals surface area contributed by atoms with Gasteiger partial charge in [0.1, 0.15) is 5.82 Å². The van der Waals surface area contributed by atoms with Crippen LogP contribution in [0.3, 0.4) is 0 Å². The zero-order valence-corrected chi connectivity index (χ0v) is 11.0. The van der Waals surface area contributed by atoms with Crippen molar-refractivity contribution in [1.82, 2.24) is 5.32 Å². The van der Waals surface area contributed by atoms with E-state index in [1.807, 2.05) is 24.9 Å². The quantitative estimate of drug-likeness (QED) is 0.864. The third-order valence-corrected chi connectivity index (χ3v) is 3.63. The molecule has 1 saturated heterocycles. The third kappa shape index (κ3) is 2.65. The first-order valence-corrected chi connectivity index (χ1v) is 6.52. The Balaban J connectivity index is 2.35. The second-order valence-electron chi connectivity index (χ2n) is 4.93. The van der Waals surface area contributed by atoms with Crippen molar-refractivity contribution < 1.29 is 9.50 Å². The SMILES string of the molecule is CNC(C)c1cccc(F)c1N1CCCC(O)C1. The van der Waals surface area contributed by atoms with E-state index in [2.05, 4.69) is 5.32 Å². The second-order valence-corrected chi connectivity index (χ2v) is 4.93. The molecule has 4 heteroatoms. The molecule has 2 N–H and O–H groups in total. The van der Waals surface area contributed by atoms with E-state index in [1.54, 1.807) is 6.07 Å². The molecule has 2 unspecified atom stereocenters. The van der Waals surface area contributed by atoms with Crippen LogP contribution in [0.5, 0.6) is 0 Å². The second kappa shape index (κ2) is 5.67. The van der Waals surface area contributed by atoms with Gasteiger partial charge in [-0.25, -0.2) is 4.39 Å². The summed E-state index contributed by atoms with van der Waals surface area (Å²) in [5, 5.41) is 12.9. The van der Waals surface area contributed by atoms with Crippen molar-refractivity contribution >= 4 is 5.69 Å². The highest BCUT2D eigenvalue weighted by Gasteiger charge is 2.24. The Morgan fingerprint density at radius 3 is 2.94 bits per heavy atom. The summed E-state index contributed by atoms with van der Waals surface area (Å²) in [6.45, 7) is 3.34. The van der Waals surface area contributed by atoms with Gasteiger partial charge in [-0.3, -0.25) is 0 Å². The molecule has 0 spiro atoms. The fourth-order valence-corrected chi connectivity index (χ4v) is 2.53. The van der Waals surface area contributed by atoms with E-state index in [9.17, 15) is 9.50 Å². The van der Waals surface area contributed by atoms with Crippen molar-refractivity contribution in [2.75, 3.05) is 25.0 Å².